The lowest BCUT2D eigenvalue weighted by Crippen LogP contribution is -1.93. The summed E-state index contributed by atoms with van der Waals surface area (Å²) in [4.78, 5) is 4.27. The Hall–Kier alpha value is -0.930. The van der Waals surface area contributed by atoms with E-state index in [1.807, 2.05) is 6.07 Å². The van der Waals surface area contributed by atoms with E-state index >= 15 is 0 Å². The lowest BCUT2D eigenvalue weighted by molar-refractivity contribution is 1.35. The van der Waals surface area contributed by atoms with Crippen LogP contribution >= 0.6 is 44.1 Å². The van der Waals surface area contributed by atoms with Crippen LogP contribution in [-0.2, 0) is 0 Å². The summed E-state index contributed by atoms with van der Waals surface area (Å²) in [5, 5.41) is 9.79. The predicted octanol–water partition coefficient (Wildman–Crippen LogP) is 3.62. The number of halogens is 2. The minimum absolute atomic E-state index is 0.355. The molecule has 0 spiro atoms. The molecule has 2 rings (SSSR count). The van der Waals surface area contributed by atoms with Gasteiger partial charge in [0.15, 0.2) is 9.82 Å². The van der Waals surface area contributed by atoms with Gasteiger partial charge in [0.05, 0.1) is 11.3 Å². The van der Waals surface area contributed by atoms with Gasteiger partial charge >= 0.3 is 0 Å². The molecule has 1 aromatic heterocycles. The molecule has 0 saturated carbocycles. The summed E-state index contributed by atoms with van der Waals surface area (Å²) in [5.41, 5.74) is 0.965. The first kappa shape index (κ1) is 11.6. The zero-order chi connectivity index (χ0) is 11.5. The molecule has 2 aromatic rings. The SMILES string of the molecule is N#Cc1cc(Cl)ccc1N=c1ssnc1Cl. The van der Waals surface area contributed by atoms with Crippen molar-refractivity contribution in [1.29, 1.82) is 5.26 Å². The van der Waals surface area contributed by atoms with E-state index in [0.717, 1.165) is 0 Å². The molecule has 7 heteroatoms. The molecule has 1 heterocycles. The predicted molar refractivity (Wildman–Crippen MR) is 66.4 cm³/mol. The van der Waals surface area contributed by atoms with E-state index in [0.29, 0.717) is 26.1 Å². The van der Waals surface area contributed by atoms with Gasteiger partial charge in [0.1, 0.15) is 6.07 Å². The highest BCUT2D eigenvalue weighted by atomic mass is 35.5. The molecule has 0 aliphatic carbocycles. The Labute approximate surface area is 109 Å². The van der Waals surface area contributed by atoms with Crippen molar-refractivity contribution in [3.63, 3.8) is 0 Å². The molecule has 0 saturated heterocycles. The molecule has 1 aromatic carbocycles. The Morgan fingerprint density at radius 3 is 2.81 bits per heavy atom. The first-order valence-electron chi connectivity index (χ1n) is 4.06. The van der Waals surface area contributed by atoms with Crippen LogP contribution in [0.25, 0.3) is 0 Å². The van der Waals surface area contributed by atoms with Crippen molar-refractivity contribution in [3.8, 4) is 6.07 Å². The molecular weight excluding hydrogens is 285 g/mol. The number of aromatic nitrogens is 1. The van der Waals surface area contributed by atoms with Crippen LogP contribution in [0.1, 0.15) is 5.56 Å². The lowest BCUT2D eigenvalue weighted by atomic mass is 10.2. The fourth-order valence-corrected chi connectivity index (χ4v) is 3.19. The van der Waals surface area contributed by atoms with Crippen LogP contribution in [0.3, 0.4) is 0 Å². The summed E-state index contributed by atoms with van der Waals surface area (Å²) in [5.74, 6) is 0. The Morgan fingerprint density at radius 2 is 2.19 bits per heavy atom. The highest BCUT2D eigenvalue weighted by molar-refractivity contribution is 7.66. The lowest BCUT2D eigenvalue weighted by Gasteiger charge is -1.96. The average molecular weight is 288 g/mol. The monoisotopic (exact) mass is 287 g/mol. The molecule has 3 nitrogen and oxygen atoms in total. The molecule has 0 N–H and O–H groups in total. The average Bonchev–Trinajstić information content (AvgIpc) is 2.67. The van der Waals surface area contributed by atoms with Gasteiger partial charge in [-0.3, -0.25) is 0 Å². The second-order valence-electron chi connectivity index (χ2n) is 2.73. The first-order chi connectivity index (χ1) is 7.70. The third-order valence-corrected chi connectivity index (χ3v) is 4.12. The summed E-state index contributed by atoms with van der Waals surface area (Å²) in [6.45, 7) is 0. The van der Waals surface area contributed by atoms with E-state index in [1.54, 1.807) is 18.2 Å². The maximum Gasteiger partial charge on any atom is 0.179 e. The summed E-state index contributed by atoms with van der Waals surface area (Å²) in [7, 11) is 2.62. The molecule has 0 atom stereocenters. The highest BCUT2D eigenvalue weighted by Crippen LogP contribution is 2.22. The second kappa shape index (κ2) is 4.93. The topological polar surface area (TPSA) is 49.0 Å². The number of hydrogen-bond donors (Lipinski definition) is 0. The van der Waals surface area contributed by atoms with E-state index < -0.39 is 0 Å². The molecule has 0 unspecified atom stereocenters. The van der Waals surface area contributed by atoms with Crippen LogP contribution in [-0.4, -0.2) is 4.37 Å². The van der Waals surface area contributed by atoms with E-state index in [2.05, 4.69) is 9.37 Å². The van der Waals surface area contributed by atoms with Crippen molar-refractivity contribution < 1.29 is 0 Å². The van der Waals surface area contributed by atoms with Crippen LogP contribution in [0.4, 0.5) is 5.69 Å². The number of hydrogen-bond acceptors (Lipinski definition) is 5. The van der Waals surface area contributed by atoms with Gasteiger partial charge in [0, 0.05) is 15.6 Å². The van der Waals surface area contributed by atoms with Gasteiger partial charge < -0.3 is 0 Å². The maximum atomic E-state index is 8.93. The fourth-order valence-electron chi connectivity index (χ4n) is 1.03. The highest BCUT2D eigenvalue weighted by Gasteiger charge is 2.03. The van der Waals surface area contributed by atoms with Gasteiger partial charge in [-0.2, -0.15) is 9.64 Å². The zero-order valence-corrected chi connectivity index (χ0v) is 10.8. The Morgan fingerprint density at radius 1 is 1.38 bits per heavy atom. The summed E-state index contributed by atoms with van der Waals surface area (Å²) in [6.07, 6.45) is 0. The molecule has 0 fully saturated rings. The molecule has 0 radical (unpaired) electrons. The zero-order valence-electron chi connectivity index (χ0n) is 7.65. The van der Waals surface area contributed by atoms with E-state index in [1.165, 1.54) is 20.9 Å². The Bertz CT molecular complexity index is 624. The Kier molecular flexibility index (Phi) is 3.56. The van der Waals surface area contributed by atoms with Crippen molar-refractivity contribution >= 4 is 49.8 Å². The standard InChI is InChI=1S/C9H3Cl2N3S2/c10-6-1-2-7(5(3-6)4-12)13-9-8(11)14-16-15-9/h1-3H. The minimum atomic E-state index is 0.355. The van der Waals surface area contributed by atoms with Crippen molar-refractivity contribution in [2.24, 2.45) is 4.99 Å². The summed E-state index contributed by atoms with van der Waals surface area (Å²) < 4.78 is 4.51. The number of nitrogens with zero attached hydrogens (tertiary/aromatic N) is 3. The smallest absolute Gasteiger partial charge is 0.179 e. The van der Waals surface area contributed by atoms with Crippen LogP contribution < -0.4 is 4.67 Å². The maximum absolute atomic E-state index is 8.93. The van der Waals surface area contributed by atoms with Gasteiger partial charge in [-0.25, -0.2) is 4.99 Å². The van der Waals surface area contributed by atoms with Gasteiger partial charge in [0.25, 0.3) is 0 Å². The number of nitriles is 1. The number of benzene rings is 1. The van der Waals surface area contributed by atoms with Gasteiger partial charge in [-0.1, -0.05) is 23.2 Å². The largest absolute Gasteiger partial charge is 0.233 e. The molecule has 80 valence electrons. The fraction of sp³-hybridized carbons (Fsp3) is 0. The van der Waals surface area contributed by atoms with Gasteiger partial charge in [0.2, 0.25) is 0 Å². The molecular formula is C9H3Cl2N3S2. The van der Waals surface area contributed by atoms with E-state index in [9.17, 15) is 0 Å². The van der Waals surface area contributed by atoms with Gasteiger partial charge in [-0.15, -0.1) is 0 Å². The summed E-state index contributed by atoms with van der Waals surface area (Å²) in [6, 6.07) is 6.97. The van der Waals surface area contributed by atoms with Crippen molar-refractivity contribution in [2.75, 3.05) is 0 Å². The molecule has 0 amide bonds. The van der Waals surface area contributed by atoms with E-state index in [4.69, 9.17) is 28.5 Å². The second-order valence-corrected chi connectivity index (χ2v) is 5.36. The normalized spacial score (nSPS) is 11.4. The minimum Gasteiger partial charge on any atom is -0.233 e. The third-order valence-electron chi connectivity index (χ3n) is 1.71. The molecule has 0 aliphatic rings. The van der Waals surface area contributed by atoms with Crippen molar-refractivity contribution in [3.05, 3.63) is 38.6 Å². The van der Waals surface area contributed by atoms with Crippen molar-refractivity contribution in [1.82, 2.24) is 4.37 Å². The molecule has 0 aliphatic heterocycles. The first-order valence-corrected chi connectivity index (χ1v) is 6.93. The van der Waals surface area contributed by atoms with Crippen molar-refractivity contribution in [2.45, 2.75) is 0 Å². The van der Waals surface area contributed by atoms with Crippen LogP contribution in [0, 0.1) is 11.3 Å². The third kappa shape index (κ3) is 2.42. The van der Waals surface area contributed by atoms with Gasteiger partial charge in [-0.05, 0) is 28.5 Å². The summed E-state index contributed by atoms with van der Waals surface area (Å²) >= 11 is 11.6. The Balaban J connectivity index is 2.59. The molecule has 0 bridgehead atoms. The molecule has 16 heavy (non-hydrogen) atoms. The van der Waals surface area contributed by atoms with Crippen LogP contribution in [0.5, 0.6) is 0 Å². The quantitative estimate of drug-likeness (QED) is 0.752. The number of rotatable bonds is 1. The van der Waals surface area contributed by atoms with Crippen LogP contribution in [0.15, 0.2) is 23.2 Å². The van der Waals surface area contributed by atoms with Crippen LogP contribution in [0.2, 0.25) is 10.2 Å². The van der Waals surface area contributed by atoms with E-state index in [-0.39, 0.29) is 0 Å².